The number of hydrogen-bond acceptors (Lipinski definition) is 7. The summed E-state index contributed by atoms with van der Waals surface area (Å²) in [6.07, 6.45) is -1.49. The van der Waals surface area contributed by atoms with Gasteiger partial charge in [-0.15, -0.1) is 10.2 Å². The van der Waals surface area contributed by atoms with Crippen molar-refractivity contribution in [2.75, 3.05) is 13.2 Å². The van der Waals surface area contributed by atoms with E-state index in [0.29, 0.717) is 24.3 Å². The molecule has 0 radical (unpaired) electrons. The lowest BCUT2D eigenvalue weighted by atomic mass is 10.0. The van der Waals surface area contributed by atoms with Gasteiger partial charge < -0.3 is 18.8 Å². The molecule has 11 heteroatoms. The molecule has 3 aromatic rings. The van der Waals surface area contributed by atoms with Crippen molar-refractivity contribution < 1.29 is 31.9 Å². The van der Waals surface area contributed by atoms with Gasteiger partial charge in [-0.05, 0) is 18.2 Å². The van der Waals surface area contributed by atoms with E-state index in [0.717, 1.165) is 0 Å². The van der Waals surface area contributed by atoms with Crippen molar-refractivity contribution in [3.63, 3.8) is 0 Å². The Morgan fingerprint density at radius 3 is 2.84 bits per heavy atom. The van der Waals surface area contributed by atoms with Gasteiger partial charge in [0, 0.05) is 12.6 Å². The monoisotopic (exact) mass is 446 g/mol. The van der Waals surface area contributed by atoms with Crippen molar-refractivity contribution >= 4 is 5.91 Å². The zero-order valence-electron chi connectivity index (χ0n) is 16.6. The van der Waals surface area contributed by atoms with Crippen LogP contribution in [0.5, 0.6) is 5.75 Å². The second-order valence-electron chi connectivity index (χ2n) is 7.42. The van der Waals surface area contributed by atoms with Crippen LogP contribution in [0.4, 0.5) is 13.2 Å². The number of halogens is 3. The van der Waals surface area contributed by atoms with Crippen LogP contribution in [0.3, 0.4) is 0 Å². The maximum absolute atomic E-state index is 14.1. The minimum atomic E-state index is -2.89. The molecule has 1 saturated heterocycles. The fourth-order valence-corrected chi connectivity index (χ4v) is 3.85. The van der Waals surface area contributed by atoms with Gasteiger partial charge in [0.15, 0.2) is 11.6 Å². The lowest BCUT2D eigenvalue weighted by molar-refractivity contribution is -0.0440. The maximum atomic E-state index is 14.1. The quantitative estimate of drug-likeness (QED) is 0.593. The fourth-order valence-electron chi connectivity index (χ4n) is 3.85. The number of ether oxygens (including phenoxy) is 2. The highest BCUT2D eigenvalue weighted by Crippen LogP contribution is 2.32. The molecule has 2 aromatic heterocycles. The van der Waals surface area contributed by atoms with Crippen LogP contribution in [0.2, 0.25) is 0 Å². The summed E-state index contributed by atoms with van der Waals surface area (Å²) >= 11 is 0. The van der Waals surface area contributed by atoms with Crippen molar-refractivity contribution in [1.82, 2.24) is 20.1 Å². The zero-order valence-corrected chi connectivity index (χ0v) is 16.6. The minimum absolute atomic E-state index is 0.111. The van der Waals surface area contributed by atoms with Gasteiger partial charge in [0.2, 0.25) is 5.89 Å². The number of hydrogen-bond donors (Lipinski definition) is 0. The molecule has 2 atom stereocenters. The van der Waals surface area contributed by atoms with E-state index in [1.165, 1.54) is 24.4 Å². The zero-order chi connectivity index (χ0) is 22.2. The van der Waals surface area contributed by atoms with Crippen molar-refractivity contribution in [2.45, 2.75) is 31.5 Å². The molecule has 32 heavy (non-hydrogen) atoms. The van der Waals surface area contributed by atoms with Crippen molar-refractivity contribution in [2.24, 2.45) is 0 Å². The summed E-state index contributed by atoms with van der Waals surface area (Å²) in [5.41, 5.74) is 1.08. The SMILES string of the molecule is O=C1c2cc(-c3nnc(C(F)F)o3)cnc2CN1[C@@H]1COCC[C@H]1Oc1ccccc1F. The van der Waals surface area contributed by atoms with Crippen molar-refractivity contribution in [3.05, 3.63) is 59.5 Å². The summed E-state index contributed by atoms with van der Waals surface area (Å²) in [4.78, 5) is 19.0. The Morgan fingerprint density at radius 2 is 2.06 bits per heavy atom. The Kier molecular flexibility index (Phi) is 5.25. The fraction of sp³-hybridized carbons (Fsp3) is 0.333. The highest BCUT2D eigenvalue weighted by Gasteiger charge is 2.40. The van der Waals surface area contributed by atoms with Crippen LogP contribution in [0.25, 0.3) is 11.5 Å². The van der Waals surface area contributed by atoms with E-state index in [1.54, 1.807) is 17.0 Å². The smallest absolute Gasteiger partial charge is 0.314 e. The molecule has 1 amide bonds. The molecule has 4 heterocycles. The molecule has 2 aliphatic heterocycles. The molecule has 0 aliphatic carbocycles. The molecule has 0 saturated carbocycles. The number of aromatic nitrogens is 3. The molecule has 0 bridgehead atoms. The van der Waals surface area contributed by atoms with Crippen molar-refractivity contribution in [3.8, 4) is 17.2 Å². The molecule has 0 N–H and O–H groups in total. The number of benzene rings is 1. The van der Waals surface area contributed by atoms with Crippen LogP contribution in [0.1, 0.15) is 34.8 Å². The van der Waals surface area contributed by atoms with Gasteiger partial charge in [0.05, 0.1) is 42.6 Å². The summed E-state index contributed by atoms with van der Waals surface area (Å²) in [5.74, 6) is -1.65. The van der Waals surface area contributed by atoms with Crippen LogP contribution >= 0.6 is 0 Å². The number of carbonyl (C=O) groups is 1. The molecular weight excluding hydrogens is 429 g/mol. The number of rotatable bonds is 5. The van der Waals surface area contributed by atoms with Gasteiger partial charge in [0.1, 0.15) is 6.10 Å². The van der Waals surface area contributed by atoms with Crippen LogP contribution in [-0.4, -0.2) is 51.3 Å². The number of fused-ring (bicyclic) bond motifs is 1. The van der Waals surface area contributed by atoms with E-state index in [9.17, 15) is 18.0 Å². The molecular formula is C21H17F3N4O4. The largest absolute Gasteiger partial charge is 0.485 e. The third-order valence-electron chi connectivity index (χ3n) is 5.44. The first-order chi connectivity index (χ1) is 15.5. The molecule has 166 valence electrons. The predicted molar refractivity (Wildman–Crippen MR) is 102 cm³/mol. The van der Waals surface area contributed by atoms with E-state index in [2.05, 4.69) is 15.2 Å². The third kappa shape index (κ3) is 3.68. The Bertz CT molecular complexity index is 1160. The summed E-state index contributed by atoms with van der Waals surface area (Å²) in [5, 5.41) is 6.89. The van der Waals surface area contributed by atoms with Crippen LogP contribution in [-0.2, 0) is 11.3 Å². The predicted octanol–water partition coefficient (Wildman–Crippen LogP) is 3.40. The highest BCUT2D eigenvalue weighted by atomic mass is 19.3. The Morgan fingerprint density at radius 1 is 1.22 bits per heavy atom. The van der Waals surface area contributed by atoms with Gasteiger partial charge in [-0.3, -0.25) is 9.78 Å². The van der Waals surface area contributed by atoms with Gasteiger partial charge in [-0.25, -0.2) is 4.39 Å². The number of carbonyl (C=O) groups excluding carboxylic acids is 1. The summed E-state index contributed by atoms with van der Waals surface area (Å²) in [6.45, 7) is 0.871. The summed E-state index contributed by atoms with van der Waals surface area (Å²) in [6, 6.07) is 7.12. The topological polar surface area (TPSA) is 90.6 Å². The van der Waals surface area contributed by atoms with Gasteiger partial charge >= 0.3 is 6.43 Å². The lowest BCUT2D eigenvalue weighted by Gasteiger charge is -2.37. The van der Waals surface area contributed by atoms with Gasteiger partial charge in [0.25, 0.3) is 11.8 Å². The van der Waals surface area contributed by atoms with Gasteiger partial charge in [-0.2, -0.15) is 8.78 Å². The van der Waals surface area contributed by atoms with E-state index in [4.69, 9.17) is 13.9 Å². The van der Waals surface area contributed by atoms with E-state index >= 15 is 0 Å². The molecule has 1 aromatic carbocycles. The molecule has 0 spiro atoms. The molecule has 8 nitrogen and oxygen atoms in total. The maximum Gasteiger partial charge on any atom is 0.314 e. The number of pyridine rings is 1. The average Bonchev–Trinajstić information content (AvgIpc) is 3.41. The first-order valence-electron chi connectivity index (χ1n) is 9.92. The first kappa shape index (κ1) is 20.4. The van der Waals surface area contributed by atoms with E-state index in [1.807, 2.05) is 0 Å². The Hall–Kier alpha value is -3.47. The van der Waals surface area contributed by atoms with Crippen LogP contribution in [0.15, 0.2) is 40.9 Å². The number of nitrogens with zero attached hydrogens (tertiary/aromatic N) is 4. The number of para-hydroxylation sites is 1. The first-order valence-corrected chi connectivity index (χ1v) is 9.92. The second-order valence-corrected chi connectivity index (χ2v) is 7.42. The summed E-state index contributed by atoms with van der Waals surface area (Å²) in [7, 11) is 0. The number of alkyl halides is 2. The Balaban J connectivity index is 1.38. The Labute approximate surface area is 180 Å². The minimum Gasteiger partial charge on any atom is -0.485 e. The normalized spacial score (nSPS) is 20.6. The lowest BCUT2D eigenvalue weighted by Crippen LogP contribution is -2.52. The standard InChI is InChI=1S/C21H17F3N4O4/c22-13-3-1-2-4-16(13)31-17-5-6-30-10-15(17)28-9-14-12(21(28)29)7-11(8-25-14)19-26-27-20(32-19)18(23)24/h1-4,7-8,15,17-18H,5-6,9-10H2/t15-,17-/m1/s1. The summed E-state index contributed by atoms with van der Waals surface area (Å²) < 4.78 is 56.0. The molecule has 5 rings (SSSR count). The average molecular weight is 446 g/mol. The molecule has 0 unspecified atom stereocenters. The third-order valence-corrected chi connectivity index (χ3v) is 5.44. The highest BCUT2D eigenvalue weighted by molar-refractivity contribution is 5.99. The number of amides is 1. The van der Waals surface area contributed by atoms with Crippen LogP contribution < -0.4 is 4.74 Å². The van der Waals surface area contributed by atoms with E-state index < -0.39 is 30.3 Å². The van der Waals surface area contributed by atoms with Gasteiger partial charge in [-0.1, -0.05) is 12.1 Å². The van der Waals surface area contributed by atoms with E-state index in [-0.39, 0.29) is 36.3 Å². The van der Waals surface area contributed by atoms with Crippen LogP contribution in [0, 0.1) is 5.82 Å². The van der Waals surface area contributed by atoms with Crippen molar-refractivity contribution in [1.29, 1.82) is 0 Å². The molecule has 2 aliphatic rings. The molecule has 1 fully saturated rings. The second kappa shape index (κ2) is 8.23.